The average Bonchev–Trinajstić information content (AvgIpc) is 3.09. The summed E-state index contributed by atoms with van der Waals surface area (Å²) in [5.74, 6) is 0.624. The van der Waals surface area contributed by atoms with E-state index < -0.39 is 0 Å². The third-order valence-corrected chi connectivity index (χ3v) is 4.29. The molecule has 1 heterocycles. The van der Waals surface area contributed by atoms with Crippen molar-refractivity contribution in [3.8, 4) is 5.75 Å². The molecule has 1 amide bonds. The van der Waals surface area contributed by atoms with Crippen LogP contribution in [0.5, 0.6) is 5.75 Å². The fourth-order valence-corrected chi connectivity index (χ4v) is 2.75. The van der Waals surface area contributed by atoms with E-state index in [0.29, 0.717) is 24.0 Å². The van der Waals surface area contributed by atoms with E-state index in [4.69, 9.17) is 9.47 Å². The van der Waals surface area contributed by atoms with E-state index in [2.05, 4.69) is 20.5 Å². The van der Waals surface area contributed by atoms with E-state index in [0.717, 1.165) is 24.5 Å². The van der Waals surface area contributed by atoms with Gasteiger partial charge in [0.05, 0.1) is 13.7 Å². The monoisotopic (exact) mass is 364 g/mol. The average molecular weight is 364 g/mol. The highest BCUT2D eigenvalue weighted by Crippen LogP contribution is 2.22. The van der Waals surface area contributed by atoms with Crippen LogP contribution in [-0.4, -0.2) is 63.3 Å². The van der Waals surface area contributed by atoms with Crippen LogP contribution in [0.15, 0.2) is 29.6 Å². The number of carbonyl (C=O) groups is 1. The minimum Gasteiger partial charge on any atom is -0.497 e. The summed E-state index contributed by atoms with van der Waals surface area (Å²) in [4.78, 5) is 18.6. The number of aromatic nitrogens is 1. The zero-order valence-electron chi connectivity index (χ0n) is 14.7. The second-order valence-corrected chi connectivity index (χ2v) is 6.30. The van der Waals surface area contributed by atoms with Gasteiger partial charge in [0.25, 0.3) is 5.91 Å². The van der Waals surface area contributed by atoms with Gasteiger partial charge >= 0.3 is 0 Å². The number of thiazole rings is 1. The minimum absolute atomic E-state index is 0.167. The lowest BCUT2D eigenvalue weighted by Crippen LogP contribution is -2.34. The van der Waals surface area contributed by atoms with Gasteiger partial charge in [0, 0.05) is 37.8 Å². The lowest BCUT2D eigenvalue weighted by atomic mass is 10.3. The highest BCUT2D eigenvalue weighted by Gasteiger charge is 2.11. The second-order valence-electron chi connectivity index (χ2n) is 5.44. The molecule has 0 atom stereocenters. The minimum atomic E-state index is -0.167. The smallest absolute Gasteiger partial charge is 0.270 e. The van der Waals surface area contributed by atoms with Crippen molar-refractivity contribution in [3.05, 3.63) is 35.3 Å². The third-order valence-electron chi connectivity index (χ3n) is 3.53. The Morgan fingerprint density at radius 1 is 1.24 bits per heavy atom. The normalized spacial score (nSPS) is 10.7. The molecule has 25 heavy (non-hydrogen) atoms. The van der Waals surface area contributed by atoms with Crippen LogP contribution in [-0.2, 0) is 4.74 Å². The molecule has 0 aliphatic rings. The Bertz CT molecular complexity index is 660. The number of anilines is 2. The predicted octanol–water partition coefficient (Wildman–Crippen LogP) is 2.20. The first-order chi connectivity index (χ1) is 12.1. The van der Waals surface area contributed by atoms with Crippen LogP contribution in [0.2, 0.25) is 0 Å². The summed E-state index contributed by atoms with van der Waals surface area (Å²) in [6.45, 7) is 2.84. The Morgan fingerprint density at radius 3 is 2.68 bits per heavy atom. The molecule has 0 saturated carbocycles. The highest BCUT2D eigenvalue weighted by atomic mass is 32.1. The molecule has 7 nitrogen and oxygen atoms in total. The van der Waals surface area contributed by atoms with Crippen LogP contribution < -0.4 is 15.4 Å². The van der Waals surface area contributed by atoms with E-state index in [9.17, 15) is 4.79 Å². The van der Waals surface area contributed by atoms with Gasteiger partial charge in [0.15, 0.2) is 5.13 Å². The summed E-state index contributed by atoms with van der Waals surface area (Å²) in [5.41, 5.74) is 1.31. The topological polar surface area (TPSA) is 75.7 Å². The first-order valence-corrected chi connectivity index (χ1v) is 8.82. The number of hydrogen-bond donors (Lipinski definition) is 2. The summed E-state index contributed by atoms with van der Waals surface area (Å²) in [6.07, 6.45) is 0. The standard InChI is InChI=1S/C17H24N4O3S/c1-21(10-11-23-2)9-8-18-16(22)15-12-25-17(20-15)19-13-4-6-14(24-3)7-5-13/h4-7,12H,8-11H2,1-3H3,(H,18,22)(H,19,20). The molecule has 0 aliphatic heterocycles. The zero-order valence-corrected chi connectivity index (χ0v) is 15.6. The Balaban J connectivity index is 1.80. The van der Waals surface area contributed by atoms with E-state index in [1.165, 1.54) is 11.3 Å². The summed E-state index contributed by atoms with van der Waals surface area (Å²) in [5, 5.41) is 8.47. The van der Waals surface area contributed by atoms with Crippen molar-refractivity contribution >= 4 is 28.1 Å². The molecule has 1 aromatic heterocycles. The first-order valence-electron chi connectivity index (χ1n) is 7.94. The molecule has 2 aromatic rings. The molecule has 2 rings (SSSR count). The number of carbonyl (C=O) groups excluding carboxylic acids is 1. The summed E-state index contributed by atoms with van der Waals surface area (Å²) in [7, 11) is 5.30. The van der Waals surface area contributed by atoms with Crippen LogP contribution in [0.3, 0.4) is 0 Å². The number of methoxy groups -OCH3 is 2. The maximum Gasteiger partial charge on any atom is 0.270 e. The molecule has 8 heteroatoms. The summed E-state index contributed by atoms with van der Waals surface area (Å²) in [6, 6.07) is 7.53. The fraction of sp³-hybridized carbons (Fsp3) is 0.412. The quantitative estimate of drug-likeness (QED) is 0.673. The number of ether oxygens (including phenoxy) is 2. The van der Waals surface area contributed by atoms with Gasteiger partial charge in [0.2, 0.25) is 0 Å². The van der Waals surface area contributed by atoms with Crippen molar-refractivity contribution in [2.75, 3.05) is 52.8 Å². The van der Waals surface area contributed by atoms with Crippen molar-refractivity contribution in [1.82, 2.24) is 15.2 Å². The van der Waals surface area contributed by atoms with Crippen LogP contribution >= 0.6 is 11.3 Å². The van der Waals surface area contributed by atoms with E-state index >= 15 is 0 Å². The number of hydrogen-bond acceptors (Lipinski definition) is 7. The molecular formula is C17H24N4O3S. The van der Waals surface area contributed by atoms with E-state index in [1.54, 1.807) is 19.6 Å². The number of nitrogens with one attached hydrogen (secondary N) is 2. The maximum atomic E-state index is 12.1. The molecule has 0 spiro atoms. The molecule has 136 valence electrons. The number of likely N-dealkylation sites (N-methyl/N-ethyl adjacent to an activating group) is 1. The molecule has 0 fully saturated rings. The van der Waals surface area contributed by atoms with Gasteiger partial charge in [0.1, 0.15) is 11.4 Å². The molecule has 0 saturated heterocycles. The number of benzene rings is 1. The zero-order chi connectivity index (χ0) is 18.1. The Hall–Kier alpha value is -2.16. The Labute approximate surface area is 152 Å². The van der Waals surface area contributed by atoms with Crippen molar-refractivity contribution in [2.24, 2.45) is 0 Å². The summed E-state index contributed by atoms with van der Waals surface area (Å²) >= 11 is 1.39. The van der Waals surface area contributed by atoms with Crippen molar-refractivity contribution in [1.29, 1.82) is 0 Å². The van der Waals surface area contributed by atoms with Gasteiger partial charge in [-0.25, -0.2) is 4.98 Å². The second kappa shape index (κ2) is 9.97. The lowest BCUT2D eigenvalue weighted by Gasteiger charge is -2.15. The lowest BCUT2D eigenvalue weighted by molar-refractivity contribution is 0.0943. The van der Waals surface area contributed by atoms with Gasteiger partial charge in [-0.2, -0.15) is 0 Å². The van der Waals surface area contributed by atoms with Gasteiger partial charge in [-0.3, -0.25) is 4.79 Å². The van der Waals surface area contributed by atoms with E-state index in [-0.39, 0.29) is 5.91 Å². The third kappa shape index (κ3) is 6.33. The number of amides is 1. The molecule has 2 N–H and O–H groups in total. The molecule has 0 aliphatic carbocycles. The fourth-order valence-electron chi connectivity index (χ4n) is 2.04. The molecule has 1 aromatic carbocycles. The maximum absolute atomic E-state index is 12.1. The van der Waals surface area contributed by atoms with Crippen molar-refractivity contribution in [3.63, 3.8) is 0 Å². The predicted molar refractivity (Wildman–Crippen MR) is 100 cm³/mol. The van der Waals surface area contributed by atoms with Gasteiger partial charge < -0.3 is 25.0 Å². The highest BCUT2D eigenvalue weighted by molar-refractivity contribution is 7.14. The molecule has 0 bridgehead atoms. The Morgan fingerprint density at radius 2 is 2.00 bits per heavy atom. The number of nitrogens with zero attached hydrogens (tertiary/aromatic N) is 2. The van der Waals surface area contributed by atoms with Gasteiger partial charge in [-0.1, -0.05) is 0 Å². The first kappa shape index (κ1) is 19.2. The Kier molecular flexibility index (Phi) is 7.65. The van der Waals surface area contributed by atoms with E-state index in [1.807, 2.05) is 31.3 Å². The largest absolute Gasteiger partial charge is 0.497 e. The van der Waals surface area contributed by atoms with Gasteiger partial charge in [-0.15, -0.1) is 11.3 Å². The van der Waals surface area contributed by atoms with Crippen molar-refractivity contribution in [2.45, 2.75) is 0 Å². The van der Waals surface area contributed by atoms with Crippen LogP contribution in [0.4, 0.5) is 10.8 Å². The SMILES string of the molecule is COCCN(C)CCNC(=O)c1csc(Nc2ccc(OC)cc2)n1. The molecule has 0 unspecified atom stereocenters. The van der Waals surface area contributed by atoms with Crippen LogP contribution in [0, 0.1) is 0 Å². The number of rotatable bonds is 10. The summed E-state index contributed by atoms with van der Waals surface area (Å²) < 4.78 is 10.1. The van der Waals surface area contributed by atoms with Crippen LogP contribution in [0.25, 0.3) is 0 Å². The van der Waals surface area contributed by atoms with Crippen LogP contribution in [0.1, 0.15) is 10.5 Å². The van der Waals surface area contributed by atoms with Gasteiger partial charge in [-0.05, 0) is 31.3 Å². The molecule has 0 radical (unpaired) electrons. The van der Waals surface area contributed by atoms with Crippen molar-refractivity contribution < 1.29 is 14.3 Å². The molecular weight excluding hydrogens is 340 g/mol.